The number of thioether (sulfide) groups is 1. The van der Waals surface area contributed by atoms with Crippen molar-refractivity contribution in [2.24, 2.45) is 0 Å². The minimum atomic E-state index is -0.416. The molecule has 2 aromatic rings. The molecule has 0 aliphatic carbocycles. The first-order valence-corrected chi connectivity index (χ1v) is 6.88. The third-order valence-electron chi connectivity index (χ3n) is 2.79. The number of anilines is 1. The molecule has 0 amide bonds. The predicted octanol–water partition coefficient (Wildman–Crippen LogP) is 3.48. The smallest absolute Gasteiger partial charge is 0.269 e. The highest BCUT2D eigenvalue weighted by Crippen LogP contribution is 2.29. The molecule has 2 rings (SSSR count). The highest BCUT2D eigenvalue weighted by molar-refractivity contribution is 7.98. The van der Waals surface area contributed by atoms with Gasteiger partial charge in [0.2, 0.25) is 0 Å². The predicted molar refractivity (Wildman–Crippen MR) is 80.1 cm³/mol. The zero-order valence-electron chi connectivity index (χ0n) is 10.9. The summed E-state index contributed by atoms with van der Waals surface area (Å²) in [6.07, 6.45) is 0. The molecule has 0 unspecified atom stereocenters. The average Bonchev–Trinajstić information content (AvgIpc) is 2.46. The molecule has 2 aromatic carbocycles. The lowest BCUT2D eigenvalue weighted by Gasteiger charge is -2.06. The van der Waals surface area contributed by atoms with E-state index in [2.05, 4.69) is 0 Å². The van der Waals surface area contributed by atoms with Crippen LogP contribution in [0.2, 0.25) is 0 Å². The number of nitrogens with two attached hydrogens (primary N) is 1. The van der Waals surface area contributed by atoms with Crippen LogP contribution in [-0.2, 0) is 5.75 Å². The van der Waals surface area contributed by atoms with Gasteiger partial charge in [-0.05, 0) is 35.9 Å². The van der Waals surface area contributed by atoms with E-state index < -0.39 is 4.92 Å². The Bertz CT molecular complexity index is 614. The number of nitro benzene ring substituents is 1. The fourth-order valence-electron chi connectivity index (χ4n) is 1.66. The number of nitrogens with zero attached hydrogens (tertiary/aromatic N) is 1. The minimum absolute atomic E-state index is 0.0598. The SMILES string of the molecule is COc1ccc(SCc2cc([N+](=O)[O-])ccc2N)cc1. The lowest BCUT2D eigenvalue weighted by molar-refractivity contribution is -0.384. The second-order valence-corrected chi connectivity index (χ2v) is 5.15. The Hall–Kier alpha value is -2.21. The number of non-ortho nitro benzene ring substituents is 1. The Morgan fingerprint density at radius 3 is 2.55 bits per heavy atom. The summed E-state index contributed by atoms with van der Waals surface area (Å²) in [5.74, 6) is 1.38. The fourth-order valence-corrected chi connectivity index (χ4v) is 2.56. The highest BCUT2D eigenvalue weighted by atomic mass is 32.2. The van der Waals surface area contributed by atoms with E-state index in [4.69, 9.17) is 10.5 Å². The van der Waals surface area contributed by atoms with Crippen LogP contribution in [0.1, 0.15) is 5.56 Å². The zero-order chi connectivity index (χ0) is 14.5. The van der Waals surface area contributed by atoms with Crippen LogP contribution in [0.15, 0.2) is 47.4 Å². The van der Waals surface area contributed by atoms with Gasteiger partial charge in [-0.3, -0.25) is 10.1 Å². The van der Waals surface area contributed by atoms with Crippen molar-refractivity contribution in [1.82, 2.24) is 0 Å². The summed E-state index contributed by atoms with van der Waals surface area (Å²) in [5, 5.41) is 10.8. The Balaban J connectivity index is 2.09. The molecule has 0 spiro atoms. The molecule has 20 heavy (non-hydrogen) atoms. The minimum Gasteiger partial charge on any atom is -0.497 e. The van der Waals surface area contributed by atoms with Crippen molar-refractivity contribution < 1.29 is 9.66 Å². The van der Waals surface area contributed by atoms with Crippen LogP contribution in [0.3, 0.4) is 0 Å². The Kier molecular flexibility index (Phi) is 4.47. The fraction of sp³-hybridized carbons (Fsp3) is 0.143. The Labute approximate surface area is 120 Å². The summed E-state index contributed by atoms with van der Waals surface area (Å²) in [7, 11) is 1.62. The molecule has 6 heteroatoms. The monoisotopic (exact) mass is 290 g/mol. The topological polar surface area (TPSA) is 78.4 Å². The van der Waals surface area contributed by atoms with Crippen LogP contribution in [0.25, 0.3) is 0 Å². The molecule has 0 saturated carbocycles. The van der Waals surface area contributed by atoms with Crippen molar-refractivity contribution in [3.63, 3.8) is 0 Å². The number of ether oxygens (including phenoxy) is 1. The van der Waals surface area contributed by atoms with Crippen molar-refractivity contribution >= 4 is 23.1 Å². The molecule has 104 valence electrons. The van der Waals surface area contributed by atoms with E-state index in [0.717, 1.165) is 16.2 Å². The number of rotatable bonds is 5. The molecule has 2 N–H and O–H groups in total. The second kappa shape index (κ2) is 6.29. The molecule has 0 atom stereocenters. The van der Waals surface area contributed by atoms with E-state index in [0.29, 0.717) is 11.4 Å². The zero-order valence-corrected chi connectivity index (χ0v) is 11.7. The Morgan fingerprint density at radius 1 is 1.25 bits per heavy atom. The van der Waals surface area contributed by atoms with E-state index in [-0.39, 0.29) is 5.69 Å². The van der Waals surface area contributed by atoms with Gasteiger partial charge in [0.25, 0.3) is 5.69 Å². The lowest BCUT2D eigenvalue weighted by Crippen LogP contribution is -1.95. The van der Waals surface area contributed by atoms with Gasteiger partial charge < -0.3 is 10.5 Å². The summed E-state index contributed by atoms with van der Waals surface area (Å²) in [5.41, 5.74) is 7.23. The number of nitrogen functional groups attached to an aromatic ring is 1. The molecule has 0 bridgehead atoms. The quantitative estimate of drug-likeness (QED) is 0.395. The van der Waals surface area contributed by atoms with Crippen LogP contribution in [0, 0.1) is 10.1 Å². The van der Waals surface area contributed by atoms with Crippen LogP contribution in [-0.4, -0.2) is 12.0 Å². The molecule has 0 aliphatic heterocycles. The van der Waals surface area contributed by atoms with Crippen LogP contribution in [0.5, 0.6) is 5.75 Å². The van der Waals surface area contributed by atoms with Gasteiger partial charge in [0.15, 0.2) is 0 Å². The molecule has 5 nitrogen and oxygen atoms in total. The van der Waals surface area contributed by atoms with Gasteiger partial charge in [-0.2, -0.15) is 0 Å². The molecular weight excluding hydrogens is 276 g/mol. The number of nitro groups is 1. The molecule has 0 heterocycles. The number of benzene rings is 2. The molecule has 0 fully saturated rings. The number of hydrogen-bond acceptors (Lipinski definition) is 5. The second-order valence-electron chi connectivity index (χ2n) is 4.10. The van der Waals surface area contributed by atoms with E-state index >= 15 is 0 Å². The third kappa shape index (κ3) is 3.42. The van der Waals surface area contributed by atoms with Gasteiger partial charge in [0, 0.05) is 28.5 Å². The summed E-state index contributed by atoms with van der Waals surface area (Å²) in [4.78, 5) is 11.4. The number of methoxy groups -OCH3 is 1. The van der Waals surface area contributed by atoms with Crippen molar-refractivity contribution in [1.29, 1.82) is 0 Å². The third-order valence-corrected chi connectivity index (χ3v) is 3.85. The summed E-state index contributed by atoms with van der Waals surface area (Å²) >= 11 is 1.57. The number of hydrogen-bond donors (Lipinski definition) is 1. The van der Waals surface area contributed by atoms with Gasteiger partial charge in [-0.25, -0.2) is 0 Å². The maximum absolute atomic E-state index is 10.8. The maximum atomic E-state index is 10.8. The van der Waals surface area contributed by atoms with Gasteiger partial charge in [0.05, 0.1) is 12.0 Å². The summed E-state index contributed by atoms with van der Waals surface area (Å²) < 4.78 is 5.09. The van der Waals surface area contributed by atoms with Crippen LogP contribution < -0.4 is 10.5 Å². The average molecular weight is 290 g/mol. The molecule has 0 aliphatic rings. The largest absolute Gasteiger partial charge is 0.497 e. The van der Waals surface area contributed by atoms with E-state index in [1.807, 2.05) is 24.3 Å². The van der Waals surface area contributed by atoms with Crippen molar-refractivity contribution in [3.05, 3.63) is 58.1 Å². The van der Waals surface area contributed by atoms with Crippen molar-refractivity contribution in [3.8, 4) is 5.75 Å². The standard InChI is InChI=1S/C14H14N2O3S/c1-19-12-3-5-13(6-4-12)20-9-10-8-11(16(17)18)2-7-14(10)15/h2-8H,9,15H2,1H3. The molecular formula is C14H14N2O3S. The summed E-state index contributed by atoms with van der Waals surface area (Å²) in [6, 6.07) is 12.1. The molecule has 0 aromatic heterocycles. The van der Waals surface area contributed by atoms with Crippen molar-refractivity contribution in [2.45, 2.75) is 10.6 Å². The first-order chi connectivity index (χ1) is 9.60. The lowest BCUT2D eigenvalue weighted by atomic mass is 10.2. The maximum Gasteiger partial charge on any atom is 0.269 e. The molecule has 0 saturated heterocycles. The van der Waals surface area contributed by atoms with Gasteiger partial charge in [-0.1, -0.05) is 0 Å². The highest BCUT2D eigenvalue weighted by Gasteiger charge is 2.09. The van der Waals surface area contributed by atoms with Gasteiger partial charge in [-0.15, -0.1) is 11.8 Å². The molecule has 0 radical (unpaired) electrons. The first kappa shape index (κ1) is 14.2. The van der Waals surface area contributed by atoms with E-state index in [1.165, 1.54) is 12.1 Å². The van der Waals surface area contributed by atoms with Crippen LogP contribution in [0.4, 0.5) is 11.4 Å². The summed E-state index contributed by atoms with van der Waals surface area (Å²) in [6.45, 7) is 0. The van der Waals surface area contributed by atoms with Crippen molar-refractivity contribution in [2.75, 3.05) is 12.8 Å². The Morgan fingerprint density at radius 2 is 1.95 bits per heavy atom. The normalized spacial score (nSPS) is 10.2. The van der Waals surface area contributed by atoms with Gasteiger partial charge in [0.1, 0.15) is 5.75 Å². The van der Waals surface area contributed by atoms with Crippen LogP contribution >= 0.6 is 11.8 Å². The van der Waals surface area contributed by atoms with E-state index in [1.54, 1.807) is 24.9 Å². The first-order valence-electron chi connectivity index (χ1n) is 5.90. The van der Waals surface area contributed by atoms with E-state index in [9.17, 15) is 10.1 Å². The van der Waals surface area contributed by atoms with Gasteiger partial charge >= 0.3 is 0 Å².